The summed E-state index contributed by atoms with van der Waals surface area (Å²) in [6, 6.07) is 8.28. The molecule has 0 spiro atoms. The summed E-state index contributed by atoms with van der Waals surface area (Å²) in [4.78, 5) is 4.11. The van der Waals surface area contributed by atoms with Gasteiger partial charge in [-0.1, -0.05) is 65.8 Å². The van der Waals surface area contributed by atoms with Crippen LogP contribution in [0.2, 0.25) is 0 Å². The van der Waals surface area contributed by atoms with Gasteiger partial charge in [-0.15, -0.1) is 0 Å². The van der Waals surface area contributed by atoms with Crippen LogP contribution in [-0.4, -0.2) is 4.98 Å². The Hall–Kier alpha value is -1.37. The number of nitrogens with zero attached hydrogens (tertiary/aromatic N) is 1. The molecule has 17 heavy (non-hydrogen) atoms. The van der Waals surface area contributed by atoms with Gasteiger partial charge in [0.25, 0.3) is 0 Å². The minimum Gasteiger partial charge on any atom is -0.264 e. The number of aromatic nitrogens is 1. The Balaban J connectivity index is 0. The predicted octanol–water partition coefficient (Wildman–Crippen LogP) is 5.62. The molecule has 0 saturated heterocycles. The van der Waals surface area contributed by atoms with E-state index in [-0.39, 0.29) is 0 Å². The topological polar surface area (TPSA) is 12.9 Å². The van der Waals surface area contributed by atoms with E-state index in [0.29, 0.717) is 0 Å². The second-order valence-electron chi connectivity index (χ2n) is 2.68. The van der Waals surface area contributed by atoms with E-state index in [0.717, 1.165) is 0 Å². The third-order valence-electron chi connectivity index (χ3n) is 1.87. The molecule has 1 heterocycles. The van der Waals surface area contributed by atoms with Crippen molar-refractivity contribution in [3.8, 4) is 0 Å². The van der Waals surface area contributed by atoms with Gasteiger partial charge < -0.3 is 0 Å². The fourth-order valence-corrected chi connectivity index (χ4v) is 1.27. The maximum Gasteiger partial charge on any atom is 0.0346 e. The molecule has 0 saturated carbocycles. The molecule has 0 radical (unpaired) electrons. The van der Waals surface area contributed by atoms with E-state index >= 15 is 0 Å². The first-order valence-electron chi connectivity index (χ1n) is 6.67. The van der Waals surface area contributed by atoms with E-state index in [1.807, 2.05) is 60.0 Å². The van der Waals surface area contributed by atoms with Crippen molar-refractivity contribution in [3.05, 3.63) is 42.2 Å². The number of aryl methyl sites for hydroxylation is 1. The Morgan fingerprint density at radius 3 is 1.82 bits per heavy atom. The molecule has 1 aromatic carbocycles. The summed E-state index contributed by atoms with van der Waals surface area (Å²) in [5, 5.41) is 2.51. The lowest BCUT2D eigenvalue weighted by molar-refractivity contribution is 1.31. The third kappa shape index (κ3) is 6.06. The highest BCUT2D eigenvalue weighted by atomic mass is 14.6. The van der Waals surface area contributed by atoms with Crippen molar-refractivity contribution in [1.82, 2.24) is 4.98 Å². The molecule has 1 aromatic heterocycles. The molecule has 0 N–H and O–H groups in total. The SMILES string of the molecule is CC.CC.CC.Cc1cncc2ccccc12. The van der Waals surface area contributed by atoms with Crippen LogP contribution in [0.3, 0.4) is 0 Å². The largest absolute Gasteiger partial charge is 0.264 e. The number of fused-ring (bicyclic) bond motifs is 1. The molecule has 1 nitrogen and oxygen atoms in total. The maximum atomic E-state index is 4.11. The first-order chi connectivity index (χ1) is 8.38. The quantitative estimate of drug-likeness (QED) is 0.575. The number of hydrogen-bond donors (Lipinski definition) is 0. The number of rotatable bonds is 0. The van der Waals surface area contributed by atoms with Crippen molar-refractivity contribution >= 4 is 10.8 Å². The molecule has 0 amide bonds. The lowest BCUT2D eigenvalue weighted by Crippen LogP contribution is -1.79. The van der Waals surface area contributed by atoms with Gasteiger partial charge in [0.15, 0.2) is 0 Å². The van der Waals surface area contributed by atoms with Crippen molar-refractivity contribution in [2.45, 2.75) is 48.5 Å². The first kappa shape index (κ1) is 18.0. The summed E-state index contributed by atoms with van der Waals surface area (Å²) in [6.07, 6.45) is 3.78. The fraction of sp³-hybridized carbons (Fsp3) is 0.438. The summed E-state index contributed by atoms with van der Waals surface area (Å²) in [5.74, 6) is 0. The number of hydrogen-bond acceptors (Lipinski definition) is 1. The summed E-state index contributed by atoms with van der Waals surface area (Å²) >= 11 is 0. The molecule has 96 valence electrons. The Bertz CT molecular complexity index is 375. The van der Waals surface area contributed by atoms with Gasteiger partial charge in [0, 0.05) is 17.8 Å². The lowest BCUT2D eigenvalue weighted by atomic mass is 10.1. The van der Waals surface area contributed by atoms with Crippen molar-refractivity contribution in [2.24, 2.45) is 0 Å². The predicted molar refractivity (Wildman–Crippen MR) is 80.5 cm³/mol. The van der Waals surface area contributed by atoms with Crippen LogP contribution >= 0.6 is 0 Å². The highest BCUT2D eigenvalue weighted by molar-refractivity contribution is 5.84. The molecule has 0 bridgehead atoms. The van der Waals surface area contributed by atoms with Gasteiger partial charge in [-0.05, 0) is 17.9 Å². The molecule has 1 heteroatoms. The Labute approximate surface area is 107 Å². The van der Waals surface area contributed by atoms with Gasteiger partial charge in [0.2, 0.25) is 0 Å². The molecule has 0 aliphatic heterocycles. The number of pyridine rings is 1. The summed E-state index contributed by atoms with van der Waals surface area (Å²) < 4.78 is 0. The van der Waals surface area contributed by atoms with E-state index in [2.05, 4.69) is 30.1 Å². The smallest absolute Gasteiger partial charge is 0.0346 e. The molecule has 2 aromatic rings. The van der Waals surface area contributed by atoms with E-state index in [1.165, 1.54) is 16.3 Å². The second kappa shape index (κ2) is 12.7. The molecule has 2 rings (SSSR count). The van der Waals surface area contributed by atoms with Crippen molar-refractivity contribution < 1.29 is 0 Å². The van der Waals surface area contributed by atoms with Crippen LogP contribution in [-0.2, 0) is 0 Å². The first-order valence-corrected chi connectivity index (χ1v) is 6.67. The molecule has 0 atom stereocenters. The van der Waals surface area contributed by atoms with Crippen molar-refractivity contribution in [1.29, 1.82) is 0 Å². The Kier molecular flexibility index (Phi) is 13.5. The third-order valence-corrected chi connectivity index (χ3v) is 1.87. The van der Waals surface area contributed by atoms with E-state index < -0.39 is 0 Å². The average molecular weight is 233 g/mol. The molecule has 0 aliphatic rings. The minimum absolute atomic E-state index is 1.22. The molecule has 0 fully saturated rings. The van der Waals surface area contributed by atoms with Crippen LogP contribution in [0.5, 0.6) is 0 Å². The van der Waals surface area contributed by atoms with Gasteiger partial charge in [0.05, 0.1) is 0 Å². The van der Waals surface area contributed by atoms with Gasteiger partial charge >= 0.3 is 0 Å². The zero-order chi connectivity index (χ0) is 13.7. The fourth-order valence-electron chi connectivity index (χ4n) is 1.27. The van der Waals surface area contributed by atoms with Crippen LogP contribution in [0, 0.1) is 6.92 Å². The van der Waals surface area contributed by atoms with Gasteiger partial charge in [0.1, 0.15) is 0 Å². The lowest BCUT2D eigenvalue weighted by Gasteiger charge is -1.98. The molecule has 0 unspecified atom stereocenters. The monoisotopic (exact) mass is 233 g/mol. The standard InChI is InChI=1S/C10H9N.3C2H6/c1-8-6-11-7-9-4-2-3-5-10(8)9;3*1-2/h2-7H,1H3;3*1-2H3. The van der Waals surface area contributed by atoms with Crippen LogP contribution in [0.15, 0.2) is 36.7 Å². The minimum atomic E-state index is 1.22. The molecular formula is C16H27N. The maximum absolute atomic E-state index is 4.11. The van der Waals surface area contributed by atoms with Crippen molar-refractivity contribution in [3.63, 3.8) is 0 Å². The highest BCUT2D eigenvalue weighted by Crippen LogP contribution is 2.14. The summed E-state index contributed by atoms with van der Waals surface area (Å²) in [7, 11) is 0. The van der Waals surface area contributed by atoms with Crippen LogP contribution < -0.4 is 0 Å². The van der Waals surface area contributed by atoms with Crippen LogP contribution in [0.1, 0.15) is 47.1 Å². The van der Waals surface area contributed by atoms with E-state index in [1.54, 1.807) is 0 Å². The number of benzene rings is 1. The Morgan fingerprint density at radius 1 is 0.765 bits per heavy atom. The zero-order valence-electron chi connectivity index (χ0n) is 12.4. The molecule has 0 aliphatic carbocycles. The van der Waals surface area contributed by atoms with Gasteiger partial charge in [-0.3, -0.25) is 4.98 Å². The van der Waals surface area contributed by atoms with Gasteiger partial charge in [-0.2, -0.15) is 0 Å². The van der Waals surface area contributed by atoms with Gasteiger partial charge in [-0.25, -0.2) is 0 Å². The average Bonchev–Trinajstić information content (AvgIpc) is 2.46. The molecular weight excluding hydrogens is 206 g/mol. The van der Waals surface area contributed by atoms with Crippen molar-refractivity contribution in [2.75, 3.05) is 0 Å². The summed E-state index contributed by atoms with van der Waals surface area (Å²) in [6.45, 7) is 14.1. The summed E-state index contributed by atoms with van der Waals surface area (Å²) in [5.41, 5.74) is 1.24. The Morgan fingerprint density at radius 2 is 1.29 bits per heavy atom. The van der Waals surface area contributed by atoms with E-state index in [9.17, 15) is 0 Å². The highest BCUT2D eigenvalue weighted by Gasteiger charge is 1.93. The zero-order valence-corrected chi connectivity index (χ0v) is 12.4. The van der Waals surface area contributed by atoms with Crippen LogP contribution in [0.4, 0.5) is 0 Å². The normalized spacial score (nSPS) is 7.71. The second-order valence-corrected chi connectivity index (χ2v) is 2.68. The van der Waals surface area contributed by atoms with Crippen LogP contribution in [0.25, 0.3) is 10.8 Å². The van der Waals surface area contributed by atoms with E-state index in [4.69, 9.17) is 0 Å².